The van der Waals surface area contributed by atoms with Crippen LogP contribution in [0.3, 0.4) is 0 Å². The van der Waals surface area contributed by atoms with Gasteiger partial charge in [-0.1, -0.05) is 30.3 Å². The second kappa shape index (κ2) is 10.1. The van der Waals surface area contributed by atoms with Gasteiger partial charge in [0.15, 0.2) is 0 Å². The van der Waals surface area contributed by atoms with Crippen molar-refractivity contribution in [2.24, 2.45) is 0 Å². The maximum absolute atomic E-state index is 11.9. The predicted molar refractivity (Wildman–Crippen MR) is 95.4 cm³/mol. The highest BCUT2D eigenvalue weighted by atomic mass is 32.1. The lowest BCUT2D eigenvalue weighted by atomic mass is 10.0. The van der Waals surface area contributed by atoms with Gasteiger partial charge in [0.05, 0.1) is 23.4 Å². The van der Waals surface area contributed by atoms with Gasteiger partial charge in [-0.05, 0) is 25.3 Å². The molecule has 5 nitrogen and oxygen atoms in total. The van der Waals surface area contributed by atoms with Crippen LogP contribution in [-0.4, -0.2) is 31.4 Å². The summed E-state index contributed by atoms with van der Waals surface area (Å²) in [5.74, 6) is 0. The van der Waals surface area contributed by atoms with Crippen molar-refractivity contribution in [1.29, 1.82) is 0 Å². The van der Waals surface area contributed by atoms with Crippen LogP contribution in [0.25, 0.3) is 0 Å². The number of rotatable bonds is 9. The first-order valence-electron chi connectivity index (χ1n) is 8.13. The van der Waals surface area contributed by atoms with E-state index in [1.807, 2.05) is 35.7 Å². The van der Waals surface area contributed by atoms with Crippen molar-refractivity contribution in [3.05, 3.63) is 52.0 Å². The molecule has 0 aliphatic carbocycles. The highest BCUT2D eigenvalue weighted by molar-refractivity contribution is 7.09. The summed E-state index contributed by atoms with van der Waals surface area (Å²) in [6, 6.07) is 9.87. The molecule has 1 aromatic carbocycles. The van der Waals surface area contributed by atoms with Gasteiger partial charge < -0.3 is 14.8 Å². The molecule has 0 aliphatic rings. The van der Waals surface area contributed by atoms with Crippen molar-refractivity contribution >= 4 is 17.4 Å². The van der Waals surface area contributed by atoms with Gasteiger partial charge >= 0.3 is 6.09 Å². The first kappa shape index (κ1) is 18.4. The Bertz CT molecular complexity index is 616. The van der Waals surface area contributed by atoms with Crippen molar-refractivity contribution in [3.63, 3.8) is 0 Å². The molecule has 130 valence electrons. The zero-order valence-electron chi connectivity index (χ0n) is 14.2. The standard InChI is InChI=1S/C18H24N2O3S/c1-3-23-18(21)20-15(12-14-8-5-4-6-9-14)16-13-24-17(19-16)10-7-11-22-2/h4-6,8-9,13,15H,3,7,10-12H2,1-2H3,(H,20,21)/t15-/m0/s1. The summed E-state index contributed by atoms with van der Waals surface area (Å²) >= 11 is 1.62. The number of nitrogens with one attached hydrogen (secondary N) is 1. The molecule has 0 radical (unpaired) electrons. The molecule has 1 atom stereocenters. The molecule has 0 aliphatic heterocycles. The van der Waals surface area contributed by atoms with Gasteiger partial charge in [0.1, 0.15) is 0 Å². The number of benzene rings is 1. The van der Waals surface area contributed by atoms with E-state index in [0.29, 0.717) is 13.0 Å². The van der Waals surface area contributed by atoms with Gasteiger partial charge in [0, 0.05) is 25.5 Å². The van der Waals surface area contributed by atoms with Gasteiger partial charge in [-0.3, -0.25) is 0 Å². The minimum Gasteiger partial charge on any atom is -0.450 e. The fraction of sp³-hybridized carbons (Fsp3) is 0.444. The van der Waals surface area contributed by atoms with E-state index in [2.05, 4.69) is 10.3 Å². The highest BCUT2D eigenvalue weighted by Crippen LogP contribution is 2.22. The normalized spacial score (nSPS) is 11.9. The van der Waals surface area contributed by atoms with E-state index in [-0.39, 0.29) is 6.04 Å². The molecule has 1 amide bonds. The Kier molecular flexibility index (Phi) is 7.71. The number of aryl methyl sites for hydroxylation is 1. The molecular weight excluding hydrogens is 324 g/mol. The molecule has 0 bridgehead atoms. The molecule has 0 saturated heterocycles. The quantitative estimate of drug-likeness (QED) is 0.701. The number of ether oxygens (including phenoxy) is 2. The van der Waals surface area contributed by atoms with Crippen LogP contribution >= 0.6 is 11.3 Å². The Balaban J connectivity index is 2.08. The summed E-state index contributed by atoms with van der Waals surface area (Å²) in [7, 11) is 1.70. The predicted octanol–water partition coefficient (Wildman–Crippen LogP) is 3.75. The van der Waals surface area contributed by atoms with Crippen molar-refractivity contribution in [2.45, 2.75) is 32.2 Å². The summed E-state index contributed by atoms with van der Waals surface area (Å²) in [5.41, 5.74) is 2.03. The van der Waals surface area contributed by atoms with Gasteiger partial charge in [0.2, 0.25) is 0 Å². The molecule has 0 unspecified atom stereocenters. The smallest absolute Gasteiger partial charge is 0.407 e. The van der Waals surface area contributed by atoms with Crippen LogP contribution in [0, 0.1) is 0 Å². The first-order chi connectivity index (χ1) is 11.7. The maximum atomic E-state index is 11.9. The number of hydrogen-bond acceptors (Lipinski definition) is 5. The number of hydrogen-bond donors (Lipinski definition) is 1. The number of carbonyl (C=O) groups excluding carboxylic acids is 1. The van der Waals surface area contributed by atoms with Crippen LogP contribution in [0.2, 0.25) is 0 Å². The van der Waals surface area contributed by atoms with Crippen molar-refractivity contribution in [2.75, 3.05) is 20.3 Å². The number of nitrogens with zero attached hydrogens (tertiary/aromatic N) is 1. The number of methoxy groups -OCH3 is 1. The second-order valence-electron chi connectivity index (χ2n) is 5.37. The lowest BCUT2D eigenvalue weighted by Gasteiger charge is -2.16. The second-order valence-corrected chi connectivity index (χ2v) is 6.31. The molecule has 6 heteroatoms. The number of aromatic nitrogens is 1. The zero-order chi connectivity index (χ0) is 17.2. The average molecular weight is 348 g/mol. The van der Waals surface area contributed by atoms with Gasteiger partial charge in [0.25, 0.3) is 0 Å². The van der Waals surface area contributed by atoms with E-state index in [1.165, 1.54) is 0 Å². The van der Waals surface area contributed by atoms with Gasteiger partial charge in [-0.25, -0.2) is 9.78 Å². The summed E-state index contributed by atoms with van der Waals surface area (Å²) in [6.07, 6.45) is 2.10. The molecule has 24 heavy (non-hydrogen) atoms. The summed E-state index contributed by atoms with van der Waals surface area (Å²) in [5, 5.41) is 6.00. The summed E-state index contributed by atoms with van der Waals surface area (Å²) < 4.78 is 10.1. The molecule has 1 heterocycles. The Hall–Kier alpha value is -1.92. The minimum atomic E-state index is -0.410. The molecule has 1 aromatic heterocycles. The SMILES string of the molecule is CCOC(=O)N[C@@H](Cc1ccccc1)c1csc(CCCOC)n1. The first-order valence-corrected chi connectivity index (χ1v) is 9.01. The maximum Gasteiger partial charge on any atom is 0.407 e. The van der Waals surface area contributed by atoms with E-state index in [4.69, 9.17) is 9.47 Å². The van der Waals surface area contributed by atoms with Crippen molar-refractivity contribution in [1.82, 2.24) is 10.3 Å². The Labute approximate surface area is 147 Å². The highest BCUT2D eigenvalue weighted by Gasteiger charge is 2.19. The molecule has 0 fully saturated rings. The van der Waals surface area contributed by atoms with Crippen LogP contribution < -0.4 is 5.32 Å². The monoisotopic (exact) mass is 348 g/mol. The van der Waals surface area contributed by atoms with Crippen LogP contribution in [0.1, 0.15) is 35.7 Å². The molecule has 0 saturated carbocycles. The van der Waals surface area contributed by atoms with Gasteiger partial charge in [-0.2, -0.15) is 0 Å². The Morgan fingerprint density at radius 1 is 1.33 bits per heavy atom. The topological polar surface area (TPSA) is 60.5 Å². The van der Waals surface area contributed by atoms with Crippen LogP contribution in [0.4, 0.5) is 4.79 Å². The Morgan fingerprint density at radius 2 is 2.12 bits per heavy atom. The van der Waals surface area contributed by atoms with E-state index in [1.54, 1.807) is 25.4 Å². The lowest BCUT2D eigenvalue weighted by molar-refractivity contribution is 0.147. The third kappa shape index (κ3) is 5.94. The molecule has 0 spiro atoms. The largest absolute Gasteiger partial charge is 0.450 e. The number of amides is 1. The van der Waals surface area contributed by atoms with E-state index in [0.717, 1.165) is 35.7 Å². The summed E-state index contributed by atoms with van der Waals surface area (Å²) in [6.45, 7) is 2.87. The number of thiazole rings is 1. The minimum absolute atomic E-state index is 0.195. The molecule has 2 aromatic rings. The van der Waals surface area contributed by atoms with Gasteiger partial charge in [-0.15, -0.1) is 11.3 Å². The van der Waals surface area contributed by atoms with E-state index < -0.39 is 6.09 Å². The third-order valence-corrected chi connectivity index (χ3v) is 4.44. The van der Waals surface area contributed by atoms with Crippen molar-refractivity contribution < 1.29 is 14.3 Å². The van der Waals surface area contributed by atoms with Crippen LogP contribution in [0.5, 0.6) is 0 Å². The molecular formula is C18H24N2O3S. The van der Waals surface area contributed by atoms with E-state index >= 15 is 0 Å². The fourth-order valence-corrected chi connectivity index (χ4v) is 3.26. The van der Waals surface area contributed by atoms with Crippen LogP contribution in [0.15, 0.2) is 35.7 Å². The third-order valence-electron chi connectivity index (χ3n) is 3.52. The number of alkyl carbamates (subject to hydrolysis) is 1. The van der Waals surface area contributed by atoms with E-state index in [9.17, 15) is 4.79 Å². The lowest BCUT2D eigenvalue weighted by Crippen LogP contribution is -2.30. The summed E-state index contributed by atoms with van der Waals surface area (Å²) in [4.78, 5) is 16.5. The Morgan fingerprint density at radius 3 is 2.83 bits per heavy atom. The molecule has 1 N–H and O–H groups in total. The van der Waals surface area contributed by atoms with Crippen molar-refractivity contribution in [3.8, 4) is 0 Å². The zero-order valence-corrected chi connectivity index (χ0v) is 15.0. The number of carbonyl (C=O) groups is 1. The fourth-order valence-electron chi connectivity index (χ4n) is 2.36. The molecule has 2 rings (SSSR count). The average Bonchev–Trinajstić information content (AvgIpc) is 3.05. The van der Waals surface area contributed by atoms with Crippen LogP contribution in [-0.2, 0) is 22.3 Å².